The van der Waals surface area contributed by atoms with Crippen molar-refractivity contribution in [2.75, 3.05) is 31.1 Å². The highest BCUT2D eigenvalue weighted by atomic mass is 32.2. The second-order valence-electron chi connectivity index (χ2n) is 9.82. The van der Waals surface area contributed by atoms with Crippen LogP contribution < -0.4 is 15.0 Å². The maximum Gasteiger partial charge on any atom is 0.260 e. The fourth-order valence-corrected chi connectivity index (χ4v) is 7.56. The minimum Gasteiger partial charge on any atom is -0.494 e. The highest BCUT2D eigenvalue weighted by molar-refractivity contribution is 7.89. The Hall–Kier alpha value is -3.70. The number of aromatic nitrogens is 2. The van der Waals surface area contributed by atoms with E-state index >= 15 is 0 Å². The first-order valence-corrected chi connectivity index (χ1v) is 14.3. The van der Waals surface area contributed by atoms with Gasteiger partial charge in [0.25, 0.3) is 10.0 Å². The van der Waals surface area contributed by atoms with Gasteiger partial charge in [0.05, 0.1) is 24.3 Å². The Labute approximate surface area is 221 Å². The number of para-hydroxylation sites is 1. The lowest BCUT2D eigenvalue weighted by atomic mass is 9.73. The number of anilines is 1. The number of nitrogens with zero attached hydrogens (tertiary/aromatic N) is 3. The molecule has 4 bridgehead atoms. The molecule has 10 nitrogen and oxygen atoms in total. The van der Waals surface area contributed by atoms with E-state index in [1.165, 1.54) is 15.4 Å². The number of amides is 2. The average molecular weight is 536 g/mol. The number of sulfonamides is 1. The second kappa shape index (κ2) is 9.25. The fourth-order valence-electron chi connectivity index (χ4n) is 5.97. The van der Waals surface area contributed by atoms with Crippen molar-refractivity contribution in [3.05, 3.63) is 71.7 Å². The molecule has 0 aliphatic carbocycles. The molecule has 6 rings (SSSR count). The SMILES string of the molecule is CCc1ncc(S(=O)(=O)N2CC[C@]34C(=O)N(CC(=O)NCCCOc5cccc(c5)[C@H]23)c2ccccc24)[nH]1. The molecule has 1 saturated heterocycles. The van der Waals surface area contributed by atoms with Crippen LogP contribution in [0, 0.1) is 0 Å². The van der Waals surface area contributed by atoms with Gasteiger partial charge in [-0.3, -0.25) is 9.59 Å². The molecule has 1 fully saturated rings. The number of ether oxygens (including phenoxy) is 1. The van der Waals surface area contributed by atoms with Gasteiger partial charge in [-0.2, -0.15) is 4.31 Å². The van der Waals surface area contributed by atoms with Gasteiger partial charge >= 0.3 is 0 Å². The molecule has 0 saturated carbocycles. The Kier molecular flexibility index (Phi) is 5.99. The molecule has 2 amide bonds. The highest BCUT2D eigenvalue weighted by Gasteiger charge is 2.63. The number of hydrogen-bond acceptors (Lipinski definition) is 6. The number of rotatable bonds is 3. The first kappa shape index (κ1) is 24.6. The summed E-state index contributed by atoms with van der Waals surface area (Å²) in [6.07, 6.45) is 2.76. The maximum absolute atomic E-state index is 14.4. The Morgan fingerprint density at radius 1 is 1.16 bits per heavy atom. The van der Waals surface area contributed by atoms with Crippen LogP contribution in [-0.4, -0.2) is 60.7 Å². The number of fused-ring (bicyclic) bond motifs is 6. The molecule has 11 heteroatoms. The second-order valence-corrected chi connectivity index (χ2v) is 11.7. The van der Waals surface area contributed by atoms with Crippen molar-refractivity contribution in [2.45, 2.75) is 42.7 Å². The molecule has 2 aromatic carbocycles. The summed E-state index contributed by atoms with van der Waals surface area (Å²) in [5.41, 5.74) is 0.806. The van der Waals surface area contributed by atoms with Crippen molar-refractivity contribution in [2.24, 2.45) is 0 Å². The van der Waals surface area contributed by atoms with E-state index in [-0.39, 0.29) is 36.4 Å². The minimum absolute atomic E-state index is 0.00632. The van der Waals surface area contributed by atoms with Crippen LogP contribution in [0.2, 0.25) is 0 Å². The summed E-state index contributed by atoms with van der Waals surface area (Å²) in [7, 11) is -4.05. The van der Waals surface area contributed by atoms with E-state index < -0.39 is 21.5 Å². The zero-order chi connectivity index (χ0) is 26.5. The first-order valence-electron chi connectivity index (χ1n) is 12.8. The van der Waals surface area contributed by atoms with Crippen LogP contribution in [0.3, 0.4) is 0 Å². The van der Waals surface area contributed by atoms with E-state index in [2.05, 4.69) is 15.3 Å². The van der Waals surface area contributed by atoms with Gasteiger partial charge in [-0.15, -0.1) is 0 Å². The van der Waals surface area contributed by atoms with Gasteiger partial charge in [0.1, 0.15) is 18.1 Å². The summed E-state index contributed by atoms with van der Waals surface area (Å²) in [6, 6.07) is 13.8. The molecular weight excluding hydrogens is 506 g/mol. The summed E-state index contributed by atoms with van der Waals surface area (Å²) < 4.78 is 35.5. The van der Waals surface area contributed by atoms with Gasteiger partial charge in [0.2, 0.25) is 11.8 Å². The van der Waals surface area contributed by atoms with E-state index in [9.17, 15) is 18.0 Å². The van der Waals surface area contributed by atoms with E-state index in [0.717, 1.165) is 5.56 Å². The summed E-state index contributed by atoms with van der Waals surface area (Å²) in [5, 5.41) is 2.86. The molecule has 1 aromatic heterocycles. The third-order valence-corrected chi connectivity index (χ3v) is 9.47. The summed E-state index contributed by atoms with van der Waals surface area (Å²) >= 11 is 0. The third-order valence-electron chi connectivity index (χ3n) is 7.70. The summed E-state index contributed by atoms with van der Waals surface area (Å²) in [4.78, 5) is 35.9. The Morgan fingerprint density at radius 3 is 2.82 bits per heavy atom. The molecule has 2 N–H and O–H groups in total. The molecule has 4 heterocycles. The zero-order valence-electron chi connectivity index (χ0n) is 21.0. The molecule has 2 atom stereocenters. The van der Waals surface area contributed by atoms with Gasteiger partial charge in [0, 0.05) is 25.2 Å². The molecule has 0 unspecified atom stereocenters. The normalized spacial score (nSPS) is 23.8. The number of carbonyl (C=O) groups is 2. The van der Waals surface area contributed by atoms with Gasteiger partial charge in [0.15, 0.2) is 5.03 Å². The Balaban J connectivity index is 1.57. The standard InChI is InChI=1S/C27H29N5O5S/c1-2-22-29-16-24(30-22)38(35,36)32-13-11-27-20-9-3-4-10-21(20)31(26(27)34)17-23(33)28-12-6-14-37-19-8-5-7-18(15-19)25(27)32/h3-5,7-10,15-16,25H,2,6,11-14,17H2,1H3,(H,28,33)(H,29,30)/t25-,27+/m0/s1. The van der Waals surface area contributed by atoms with Crippen molar-refractivity contribution in [1.29, 1.82) is 0 Å². The minimum atomic E-state index is -4.05. The fraction of sp³-hybridized carbons (Fsp3) is 0.370. The smallest absolute Gasteiger partial charge is 0.260 e. The van der Waals surface area contributed by atoms with Crippen LogP contribution in [0.25, 0.3) is 0 Å². The quantitative estimate of drug-likeness (QED) is 0.530. The highest BCUT2D eigenvalue weighted by Crippen LogP contribution is 2.57. The number of aromatic amines is 1. The van der Waals surface area contributed by atoms with Gasteiger partial charge in [-0.1, -0.05) is 37.3 Å². The molecule has 38 heavy (non-hydrogen) atoms. The number of H-pyrrole nitrogens is 1. The maximum atomic E-state index is 14.4. The number of imidazole rings is 1. The molecule has 3 aliphatic heterocycles. The Bertz CT molecular complexity index is 1520. The van der Waals surface area contributed by atoms with Gasteiger partial charge in [-0.25, -0.2) is 13.4 Å². The topological polar surface area (TPSA) is 125 Å². The number of hydrogen-bond donors (Lipinski definition) is 2. The summed E-state index contributed by atoms with van der Waals surface area (Å²) in [5.74, 6) is 0.595. The van der Waals surface area contributed by atoms with Crippen LogP contribution in [0.15, 0.2) is 59.8 Å². The van der Waals surface area contributed by atoms with Crippen LogP contribution in [0.5, 0.6) is 5.75 Å². The average Bonchev–Trinajstić information content (AvgIpc) is 3.62. The van der Waals surface area contributed by atoms with Crippen LogP contribution in [0.1, 0.15) is 42.8 Å². The largest absolute Gasteiger partial charge is 0.494 e. The van der Waals surface area contributed by atoms with Crippen molar-refractivity contribution in [3.63, 3.8) is 0 Å². The van der Waals surface area contributed by atoms with Crippen LogP contribution >= 0.6 is 0 Å². The van der Waals surface area contributed by atoms with E-state index in [1.807, 2.05) is 55.5 Å². The third kappa shape index (κ3) is 3.71. The van der Waals surface area contributed by atoms with Crippen molar-refractivity contribution >= 4 is 27.5 Å². The van der Waals surface area contributed by atoms with E-state index in [0.29, 0.717) is 48.8 Å². The predicted molar refractivity (Wildman–Crippen MR) is 139 cm³/mol. The van der Waals surface area contributed by atoms with Crippen LogP contribution in [-0.2, 0) is 31.4 Å². The number of carbonyl (C=O) groups excluding carboxylic acids is 2. The number of aryl methyl sites for hydroxylation is 1. The number of nitrogens with one attached hydrogen (secondary N) is 2. The molecule has 198 valence electrons. The molecule has 0 radical (unpaired) electrons. The Morgan fingerprint density at radius 2 is 2.00 bits per heavy atom. The van der Waals surface area contributed by atoms with Gasteiger partial charge in [-0.05, 0) is 42.2 Å². The molecular formula is C27H29N5O5S. The molecule has 3 aromatic rings. The predicted octanol–water partition coefficient (Wildman–Crippen LogP) is 2.29. The monoisotopic (exact) mass is 535 g/mol. The summed E-state index contributed by atoms with van der Waals surface area (Å²) in [6.45, 7) is 2.68. The lowest BCUT2D eigenvalue weighted by molar-refractivity contribution is -0.126. The van der Waals surface area contributed by atoms with Crippen molar-refractivity contribution < 1.29 is 22.7 Å². The zero-order valence-corrected chi connectivity index (χ0v) is 21.8. The van der Waals surface area contributed by atoms with Crippen molar-refractivity contribution in [1.82, 2.24) is 19.6 Å². The van der Waals surface area contributed by atoms with Crippen LogP contribution in [0.4, 0.5) is 5.69 Å². The first-order chi connectivity index (χ1) is 18.4. The van der Waals surface area contributed by atoms with E-state index in [1.54, 1.807) is 0 Å². The van der Waals surface area contributed by atoms with E-state index in [4.69, 9.17) is 4.74 Å². The lowest BCUT2D eigenvalue weighted by Gasteiger charge is -2.34. The van der Waals surface area contributed by atoms with Gasteiger partial charge < -0.3 is 19.9 Å². The lowest BCUT2D eigenvalue weighted by Crippen LogP contribution is -2.48. The number of benzene rings is 2. The molecule has 1 spiro atoms. The molecule has 3 aliphatic rings. The van der Waals surface area contributed by atoms with Crippen molar-refractivity contribution in [3.8, 4) is 5.75 Å².